The van der Waals surface area contributed by atoms with Crippen molar-refractivity contribution in [1.29, 1.82) is 5.26 Å². The zero-order chi connectivity index (χ0) is 79.7. The van der Waals surface area contributed by atoms with Gasteiger partial charge in [0.2, 0.25) is 0 Å². The number of carbonyl (C=O) groups is 4. The standard InChI is InChI=1S/C78H127F12NO10/c1-29-35-54(31-3)71(28,48(7)8)100-61(95)69(26,45-62(13,14)15)65(20,21)51(11)43-68(25,60(94)101-72(32-4)36-33-34-37-72)66(22,23)63(16,17)46-70(27,59(93)98-52(12)38-49(9)53(30-2)44-91)64(18,19)50(10)42-67(24,47(5)6)58(92)99-57-40-55(73(96,75(79,80)81)76(82,83)84)39-56(41-57)74(97,77(85,86)87)78(88,89)90/h29,47-48,50-57,96-97H,1,9,30-43,45-46H2,2-8,10-28H3. The molecule has 0 bridgehead atoms. The molecule has 2 aliphatic rings. The van der Waals surface area contributed by atoms with E-state index in [1.807, 2.05) is 96.1 Å². The number of nitriles is 1. The van der Waals surface area contributed by atoms with Crippen molar-refractivity contribution in [2.24, 2.45) is 96.1 Å². The molecule has 0 heterocycles. The minimum Gasteiger partial charge on any atom is -0.462 e. The fourth-order valence-corrected chi connectivity index (χ4v) is 16.8. The first-order chi connectivity index (χ1) is 45.0. The molecule has 12 unspecified atom stereocenters. The second kappa shape index (κ2) is 31.8. The minimum atomic E-state index is -6.76. The van der Waals surface area contributed by atoms with Gasteiger partial charge >= 0.3 is 48.6 Å². The van der Waals surface area contributed by atoms with E-state index in [1.165, 1.54) is 20.8 Å². The van der Waals surface area contributed by atoms with Crippen LogP contribution in [0.5, 0.6) is 0 Å². The van der Waals surface area contributed by atoms with Crippen LogP contribution in [0.2, 0.25) is 0 Å². The largest absolute Gasteiger partial charge is 0.462 e. The minimum absolute atomic E-state index is 0.0503. The lowest BCUT2D eigenvalue weighted by molar-refractivity contribution is -0.405. The Hall–Kier alpha value is -4.07. The van der Waals surface area contributed by atoms with Crippen LogP contribution in [0.3, 0.4) is 0 Å². The van der Waals surface area contributed by atoms with E-state index in [1.54, 1.807) is 41.5 Å². The van der Waals surface area contributed by atoms with Gasteiger partial charge in [-0.05, 0) is 189 Å². The molecule has 2 fully saturated rings. The quantitative estimate of drug-likeness (QED) is 0.0272. The first-order valence-corrected chi connectivity index (χ1v) is 36.3. The zero-order valence-corrected chi connectivity index (χ0v) is 65.7. The third-order valence-electron chi connectivity index (χ3n) is 27.0. The summed E-state index contributed by atoms with van der Waals surface area (Å²) in [5.41, 5.74) is -24.7. The van der Waals surface area contributed by atoms with Crippen LogP contribution in [0.15, 0.2) is 24.8 Å². The Balaban J connectivity index is 3.17. The summed E-state index contributed by atoms with van der Waals surface area (Å²) in [6, 6.07) is 2.21. The Morgan fingerprint density at radius 3 is 1.37 bits per heavy atom. The van der Waals surface area contributed by atoms with Crippen molar-refractivity contribution >= 4 is 23.9 Å². The molecule has 11 nitrogen and oxygen atoms in total. The molecule has 2 rings (SSSR count). The number of hydrogen-bond acceptors (Lipinski definition) is 11. The maximum Gasteiger partial charge on any atom is 0.426 e. The maximum absolute atomic E-state index is 16.2. The number of carbonyl (C=O) groups excluding carboxylic acids is 4. The molecule has 0 spiro atoms. The van der Waals surface area contributed by atoms with Crippen molar-refractivity contribution in [2.75, 3.05) is 0 Å². The van der Waals surface area contributed by atoms with Crippen molar-refractivity contribution in [3.05, 3.63) is 24.8 Å². The Morgan fingerprint density at radius 1 is 0.584 bits per heavy atom. The number of aliphatic hydroxyl groups is 2. The highest BCUT2D eigenvalue weighted by Gasteiger charge is 2.79. The van der Waals surface area contributed by atoms with Gasteiger partial charge in [-0.2, -0.15) is 57.9 Å². The van der Waals surface area contributed by atoms with Crippen LogP contribution in [-0.4, -0.2) is 93.4 Å². The third kappa shape index (κ3) is 18.3. The summed E-state index contributed by atoms with van der Waals surface area (Å²) in [6.07, 6.45) is -29.4. The third-order valence-corrected chi connectivity index (χ3v) is 27.0. The molecule has 0 aliphatic heterocycles. The molecule has 0 aromatic heterocycles. The Bertz CT molecular complexity index is 2820. The lowest BCUT2D eigenvalue weighted by atomic mass is 9.45. The zero-order valence-electron chi connectivity index (χ0n) is 65.7. The smallest absolute Gasteiger partial charge is 0.426 e. The summed E-state index contributed by atoms with van der Waals surface area (Å²) < 4.78 is 201. The van der Waals surface area contributed by atoms with Crippen molar-refractivity contribution in [2.45, 2.75) is 342 Å². The van der Waals surface area contributed by atoms with E-state index in [9.17, 15) is 68.2 Å². The first-order valence-electron chi connectivity index (χ1n) is 36.3. The van der Waals surface area contributed by atoms with E-state index in [2.05, 4.69) is 46.9 Å². The number of esters is 4. The van der Waals surface area contributed by atoms with Gasteiger partial charge in [0.25, 0.3) is 11.2 Å². The van der Waals surface area contributed by atoms with Gasteiger partial charge in [0.15, 0.2) is 0 Å². The van der Waals surface area contributed by atoms with E-state index < -0.39 is 181 Å². The molecule has 12 atom stereocenters. The number of nitrogens with zero attached hydrogens (tertiary/aromatic N) is 1. The van der Waals surface area contributed by atoms with E-state index in [4.69, 9.17) is 18.9 Å². The highest BCUT2D eigenvalue weighted by atomic mass is 19.4. The normalized spacial score (nSPS) is 22.7. The average Bonchev–Trinajstić information content (AvgIpc) is 0.794. The van der Waals surface area contributed by atoms with E-state index in [0.717, 1.165) is 12.8 Å². The fourth-order valence-electron chi connectivity index (χ4n) is 16.8. The SMILES string of the molecule is C=CCC(CC)C(C)(OC(=O)C(C)(CC(C)(C)C)C(C)(C)C(C)CC(C)(C(=O)OC1(CC)CCCC1)C(C)(C)C(C)(C)CC(C)(C(=O)OC(C)CC(=C)C(C#N)CC)C(C)(C)C(C)CC(C)(C(=O)OC1CC(C(O)(C(F)(F)F)C(F)(F)F)CC(C(O)(C(F)(F)F)C(F)(F)F)C1)C(C)C)C(C)C. The lowest BCUT2D eigenvalue weighted by Gasteiger charge is -2.59. The van der Waals surface area contributed by atoms with Gasteiger partial charge in [-0.3, -0.25) is 19.2 Å². The molecule has 101 heavy (non-hydrogen) atoms. The second-order valence-electron chi connectivity index (χ2n) is 36.0. The van der Waals surface area contributed by atoms with Crippen molar-refractivity contribution in [3.8, 4) is 6.07 Å². The molecule has 0 amide bonds. The van der Waals surface area contributed by atoms with E-state index in [0.29, 0.717) is 50.5 Å². The fraction of sp³-hybridized carbons (Fsp3) is 0.885. The van der Waals surface area contributed by atoms with Crippen LogP contribution in [0, 0.1) is 107 Å². The molecule has 2 aliphatic carbocycles. The lowest BCUT2D eigenvalue weighted by Crippen LogP contribution is -2.67. The van der Waals surface area contributed by atoms with Gasteiger partial charge in [-0.15, -0.1) is 6.58 Å². The van der Waals surface area contributed by atoms with Crippen LogP contribution >= 0.6 is 0 Å². The van der Waals surface area contributed by atoms with Crippen molar-refractivity contribution in [3.63, 3.8) is 0 Å². The molecule has 0 aromatic carbocycles. The van der Waals surface area contributed by atoms with Crippen LogP contribution < -0.4 is 0 Å². The summed E-state index contributed by atoms with van der Waals surface area (Å²) in [5.74, 6) is -13.4. The monoisotopic (exact) mass is 1470 g/mol. The summed E-state index contributed by atoms with van der Waals surface area (Å²) in [4.78, 5) is 62.8. The summed E-state index contributed by atoms with van der Waals surface area (Å²) in [7, 11) is 0. The van der Waals surface area contributed by atoms with Crippen molar-refractivity contribution in [1.82, 2.24) is 0 Å². The molecular weight excluding hydrogens is 1340 g/mol. The van der Waals surface area contributed by atoms with Gasteiger partial charge in [0.1, 0.15) is 23.4 Å². The Kier molecular flexibility index (Phi) is 29.3. The van der Waals surface area contributed by atoms with Gasteiger partial charge in [0.05, 0.1) is 33.6 Å². The number of hydrogen-bond donors (Lipinski definition) is 2. The molecular formula is C78H127F12NO10. The van der Waals surface area contributed by atoms with Crippen molar-refractivity contribution < 1.29 is 101 Å². The molecule has 23 heteroatoms. The molecule has 0 saturated heterocycles. The van der Waals surface area contributed by atoms with Crippen LogP contribution in [0.4, 0.5) is 52.7 Å². The highest BCUT2D eigenvalue weighted by Crippen LogP contribution is 2.66. The number of rotatable bonds is 34. The van der Waals surface area contributed by atoms with Crippen LogP contribution in [-0.2, 0) is 38.1 Å². The predicted octanol–water partition coefficient (Wildman–Crippen LogP) is 21.9. The number of alkyl halides is 12. The number of halogens is 12. The molecule has 588 valence electrons. The number of allylic oxidation sites excluding steroid dienone is 1. The van der Waals surface area contributed by atoms with E-state index in [-0.39, 0.29) is 43.5 Å². The first kappa shape index (κ1) is 93.0. The summed E-state index contributed by atoms with van der Waals surface area (Å²) >= 11 is 0. The Labute approximate surface area is 597 Å². The van der Waals surface area contributed by atoms with Gasteiger partial charge in [-0.1, -0.05) is 157 Å². The second-order valence-corrected chi connectivity index (χ2v) is 36.0. The molecule has 2 N–H and O–H groups in total. The number of ether oxygens (including phenoxy) is 4. The van der Waals surface area contributed by atoms with Gasteiger partial charge in [0, 0.05) is 24.2 Å². The summed E-state index contributed by atoms with van der Waals surface area (Å²) in [6.45, 7) is 56.4. The van der Waals surface area contributed by atoms with Gasteiger partial charge < -0.3 is 29.2 Å². The molecule has 0 aromatic rings. The highest BCUT2D eigenvalue weighted by molar-refractivity contribution is 5.81. The molecule has 0 radical (unpaired) electrons. The van der Waals surface area contributed by atoms with Crippen LogP contribution in [0.25, 0.3) is 0 Å². The molecule has 2 saturated carbocycles. The van der Waals surface area contributed by atoms with Gasteiger partial charge in [-0.25, -0.2) is 0 Å². The topological polar surface area (TPSA) is 169 Å². The maximum atomic E-state index is 16.2. The summed E-state index contributed by atoms with van der Waals surface area (Å²) in [5, 5.41) is 31.1. The Morgan fingerprint density at radius 2 is 1.01 bits per heavy atom. The average molecular weight is 1470 g/mol. The predicted molar refractivity (Wildman–Crippen MR) is 368 cm³/mol. The van der Waals surface area contributed by atoms with Crippen LogP contribution in [0.1, 0.15) is 283 Å². The van der Waals surface area contributed by atoms with E-state index >= 15 is 19.2 Å².